The standard InChI is InChI=1S/C20H19N3O5/c1-13(20(25)22-15-5-4-6-16(11-15)23(26)27)28-19(24)10-9-14-12-21-18-8-3-2-7-17(14)18/h2-8,11-13,21H,9-10H2,1H3,(H,22,25). The number of carbonyl (C=O) groups is 2. The van der Waals surface area contributed by atoms with E-state index in [-0.39, 0.29) is 17.8 Å². The van der Waals surface area contributed by atoms with E-state index in [0.717, 1.165) is 16.5 Å². The molecule has 0 aliphatic carbocycles. The summed E-state index contributed by atoms with van der Waals surface area (Å²) in [6.45, 7) is 1.45. The van der Waals surface area contributed by atoms with Crippen LogP contribution < -0.4 is 5.32 Å². The molecule has 0 radical (unpaired) electrons. The zero-order valence-corrected chi connectivity index (χ0v) is 15.2. The molecule has 1 unspecified atom stereocenters. The summed E-state index contributed by atoms with van der Waals surface area (Å²) in [5, 5.41) is 14.3. The minimum atomic E-state index is -1.02. The Bertz CT molecular complexity index is 1030. The molecular weight excluding hydrogens is 362 g/mol. The number of rotatable bonds is 7. The maximum absolute atomic E-state index is 12.2. The number of nitro groups is 1. The summed E-state index contributed by atoms with van der Waals surface area (Å²) in [6, 6.07) is 13.3. The second kappa shape index (κ2) is 8.34. The van der Waals surface area contributed by atoms with Crippen LogP contribution in [0.4, 0.5) is 11.4 Å². The van der Waals surface area contributed by atoms with Gasteiger partial charge in [0, 0.05) is 41.3 Å². The minimum Gasteiger partial charge on any atom is -0.453 e. The molecule has 0 aliphatic heterocycles. The second-order valence-electron chi connectivity index (χ2n) is 6.29. The Balaban J connectivity index is 1.52. The lowest BCUT2D eigenvalue weighted by Gasteiger charge is -2.13. The van der Waals surface area contributed by atoms with Gasteiger partial charge in [0.2, 0.25) is 0 Å². The number of aromatic nitrogens is 1. The van der Waals surface area contributed by atoms with Crippen LogP contribution in [0.25, 0.3) is 10.9 Å². The molecule has 0 spiro atoms. The molecule has 1 atom stereocenters. The molecule has 1 amide bonds. The third kappa shape index (κ3) is 4.53. The van der Waals surface area contributed by atoms with Crippen molar-refractivity contribution >= 4 is 34.2 Å². The summed E-state index contributed by atoms with van der Waals surface area (Å²) in [5.74, 6) is -1.05. The summed E-state index contributed by atoms with van der Waals surface area (Å²) in [6.07, 6.45) is 1.46. The van der Waals surface area contributed by atoms with Gasteiger partial charge < -0.3 is 15.0 Å². The Hall–Kier alpha value is -3.68. The number of carbonyl (C=O) groups excluding carboxylic acids is 2. The lowest BCUT2D eigenvalue weighted by molar-refractivity contribution is -0.384. The SMILES string of the molecule is CC(OC(=O)CCc1c[nH]c2ccccc12)C(=O)Nc1cccc([N+](=O)[O-])c1. The zero-order valence-electron chi connectivity index (χ0n) is 15.2. The summed E-state index contributed by atoms with van der Waals surface area (Å²) in [7, 11) is 0. The largest absolute Gasteiger partial charge is 0.453 e. The number of esters is 1. The number of amides is 1. The van der Waals surface area contributed by atoms with Crippen molar-refractivity contribution in [2.75, 3.05) is 5.32 Å². The van der Waals surface area contributed by atoms with E-state index in [1.165, 1.54) is 31.2 Å². The number of nitrogens with zero attached hydrogens (tertiary/aromatic N) is 1. The molecule has 1 heterocycles. The Morgan fingerprint density at radius 3 is 2.79 bits per heavy atom. The molecule has 0 aliphatic rings. The first kappa shape index (κ1) is 19.1. The van der Waals surface area contributed by atoms with Gasteiger partial charge >= 0.3 is 5.97 Å². The van der Waals surface area contributed by atoms with Crippen molar-refractivity contribution in [2.45, 2.75) is 25.9 Å². The average molecular weight is 381 g/mol. The Labute approximate surface area is 160 Å². The molecule has 2 N–H and O–H groups in total. The maximum atomic E-state index is 12.2. The minimum absolute atomic E-state index is 0.135. The predicted octanol–water partition coefficient (Wildman–Crippen LogP) is 3.58. The van der Waals surface area contributed by atoms with E-state index in [1.54, 1.807) is 0 Å². The number of anilines is 1. The summed E-state index contributed by atoms with van der Waals surface area (Å²) in [5.41, 5.74) is 2.12. The van der Waals surface area contributed by atoms with Crippen molar-refractivity contribution in [1.29, 1.82) is 0 Å². The fourth-order valence-corrected chi connectivity index (χ4v) is 2.83. The van der Waals surface area contributed by atoms with Gasteiger partial charge in [-0.05, 0) is 31.0 Å². The van der Waals surface area contributed by atoms with E-state index in [0.29, 0.717) is 6.42 Å². The van der Waals surface area contributed by atoms with Gasteiger partial charge in [0.1, 0.15) is 0 Å². The molecular formula is C20H19N3O5. The molecule has 3 aromatic rings. The van der Waals surface area contributed by atoms with Crippen LogP contribution in [0.3, 0.4) is 0 Å². The first-order valence-electron chi connectivity index (χ1n) is 8.74. The molecule has 0 bridgehead atoms. The molecule has 0 saturated carbocycles. The third-order valence-corrected chi connectivity index (χ3v) is 4.28. The van der Waals surface area contributed by atoms with Crippen molar-refractivity contribution < 1.29 is 19.2 Å². The topological polar surface area (TPSA) is 114 Å². The van der Waals surface area contributed by atoms with Crippen molar-refractivity contribution in [3.63, 3.8) is 0 Å². The lowest BCUT2D eigenvalue weighted by Crippen LogP contribution is -2.30. The number of aryl methyl sites for hydroxylation is 1. The fourth-order valence-electron chi connectivity index (χ4n) is 2.83. The number of ether oxygens (including phenoxy) is 1. The normalized spacial score (nSPS) is 11.8. The van der Waals surface area contributed by atoms with Crippen LogP contribution in [0.15, 0.2) is 54.7 Å². The number of hydrogen-bond donors (Lipinski definition) is 2. The molecule has 3 rings (SSSR count). The smallest absolute Gasteiger partial charge is 0.306 e. The van der Waals surface area contributed by atoms with Gasteiger partial charge in [0.15, 0.2) is 6.10 Å². The monoisotopic (exact) mass is 381 g/mol. The second-order valence-corrected chi connectivity index (χ2v) is 6.29. The lowest BCUT2D eigenvalue weighted by atomic mass is 10.1. The Morgan fingerprint density at radius 2 is 2.00 bits per heavy atom. The molecule has 28 heavy (non-hydrogen) atoms. The van der Waals surface area contributed by atoms with Gasteiger partial charge in [0.25, 0.3) is 11.6 Å². The number of hydrogen-bond acceptors (Lipinski definition) is 5. The van der Waals surface area contributed by atoms with E-state index >= 15 is 0 Å². The number of H-pyrrole nitrogens is 1. The van der Waals surface area contributed by atoms with Gasteiger partial charge in [-0.2, -0.15) is 0 Å². The average Bonchev–Trinajstić information content (AvgIpc) is 3.09. The van der Waals surface area contributed by atoms with Gasteiger partial charge in [-0.3, -0.25) is 19.7 Å². The van der Waals surface area contributed by atoms with Crippen LogP contribution in [0, 0.1) is 10.1 Å². The Kier molecular flexibility index (Phi) is 5.69. The number of fused-ring (bicyclic) bond motifs is 1. The van der Waals surface area contributed by atoms with E-state index in [1.807, 2.05) is 30.5 Å². The zero-order chi connectivity index (χ0) is 20.1. The third-order valence-electron chi connectivity index (χ3n) is 4.28. The molecule has 0 fully saturated rings. The van der Waals surface area contributed by atoms with Crippen molar-refractivity contribution in [1.82, 2.24) is 4.98 Å². The van der Waals surface area contributed by atoms with Gasteiger partial charge in [-0.25, -0.2) is 0 Å². The van der Waals surface area contributed by atoms with E-state index < -0.39 is 22.9 Å². The molecule has 8 heteroatoms. The van der Waals surface area contributed by atoms with Crippen LogP contribution in [0.1, 0.15) is 18.9 Å². The number of non-ortho nitro benzene ring substituents is 1. The number of nitro benzene ring substituents is 1. The molecule has 8 nitrogen and oxygen atoms in total. The van der Waals surface area contributed by atoms with Gasteiger partial charge in [-0.15, -0.1) is 0 Å². The van der Waals surface area contributed by atoms with E-state index in [9.17, 15) is 19.7 Å². The van der Waals surface area contributed by atoms with Crippen LogP contribution >= 0.6 is 0 Å². The summed E-state index contributed by atoms with van der Waals surface area (Å²) < 4.78 is 5.18. The number of aromatic amines is 1. The number of para-hydroxylation sites is 1. The first-order chi connectivity index (χ1) is 13.4. The van der Waals surface area contributed by atoms with Crippen molar-refractivity contribution in [3.8, 4) is 0 Å². The van der Waals surface area contributed by atoms with E-state index in [4.69, 9.17) is 4.74 Å². The highest BCUT2D eigenvalue weighted by atomic mass is 16.6. The molecule has 144 valence electrons. The number of benzene rings is 2. The first-order valence-corrected chi connectivity index (χ1v) is 8.74. The highest BCUT2D eigenvalue weighted by Gasteiger charge is 2.19. The fraction of sp³-hybridized carbons (Fsp3) is 0.200. The predicted molar refractivity (Wildman–Crippen MR) is 104 cm³/mol. The van der Waals surface area contributed by atoms with E-state index in [2.05, 4.69) is 10.3 Å². The highest BCUT2D eigenvalue weighted by molar-refractivity contribution is 5.95. The molecule has 0 saturated heterocycles. The van der Waals surface area contributed by atoms with Crippen LogP contribution in [-0.4, -0.2) is 27.9 Å². The summed E-state index contributed by atoms with van der Waals surface area (Å²) >= 11 is 0. The highest BCUT2D eigenvalue weighted by Crippen LogP contribution is 2.20. The number of nitrogens with one attached hydrogen (secondary N) is 2. The van der Waals surface area contributed by atoms with Crippen molar-refractivity contribution in [3.05, 3.63) is 70.4 Å². The maximum Gasteiger partial charge on any atom is 0.306 e. The molecule has 2 aromatic carbocycles. The quantitative estimate of drug-likeness (QED) is 0.369. The van der Waals surface area contributed by atoms with Gasteiger partial charge in [-0.1, -0.05) is 24.3 Å². The van der Waals surface area contributed by atoms with Crippen LogP contribution in [-0.2, 0) is 20.7 Å². The van der Waals surface area contributed by atoms with Crippen LogP contribution in [0.2, 0.25) is 0 Å². The van der Waals surface area contributed by atoms with Crippen molar-refractivity contribution in [2.24, 2.45) is 0 Å². The Morgan fingerprint density at radius 1 is 1.21 bits per heavy atom. The van der Waals surface area contributed by atoms with Crippen LogP contribution in [0.5, 0.6) is 0 Å². The summed E-state index contributed by atoms with van der Waals surface area (Å²) in [4.78, 5) is 37.6. The molecule has 1 aromatic heterocycles. The van der Waals surface area contributed by atoms with Gasteiger partial charge in [0.05, 0.1) is 4.92 Å².